The van der Waals surface area contributed by atoms with Crippen LogP contribution in [0.1, 0.15) is 25.3 Å². The molecule has 1 aromatic rings. The van der Waals surface area contributed by atoms with Gasteiger partial charge in [0.1, 0.15) is 17.1 Å². The topological polar surface area (TPSA) is 102 Å². The molecule has 8 nitrogen and oxygen atoms in total. The van der Waals surface area contributed by atoms with Gasteiger partial charge in [-0.25, -0.2) is 9.59 Å². The van der Waals surface area contributed by atoms with Crippen molar-refractivity contribution in [2.24, 2.45) is 0 Å². The van der Waals surface area contributed by atoms with Crippen molar-refractivity contribution in [2.75, 3.05) is 19.5 Å². The Morgan fingerprint density at radius 2 is 2.00 bits per heavy atom. The Balaban J connectivity index is 1.69. The van der Waals surface area contributed by atoms with E-state index in [1.165, 1.54) is 35.9 Å². The van der Waals surface area contributed by atoms with Gasteiger partial charge in [-0.3, -0.25) is 14.5 Å². The van der Waals surface area contributed by atoms with Crippen LogP contribution in [-0.2, 0) is 35.1 Å². The molecule has 0 saturated carbocycles. The molecule has 1 fully saturated rings. The molecule has 0 aromatic heterocycles. The van der Waals surface area contributed by atoms with E-state index in [1.807, 2.05) is 37.3 Å². The standard InChI is InChI=1S/C23H26N2O6S/c1-3-4-12-31-18(27)11-10-16-14-32-22-19(21(28)25(22)20(16)23(29)30-2)24-17(26)13-15-8-6-5-7-9-15/h5-11,19,22H,3-4,12-14H2,1-2H3,(H,24,26)/b11-10+/t19-,22-/m1/s1. The summed E-state index contributed by atoms with van der Waals surface area (Å²) in [4.78, 5) is 50.8. The summed E-state index contributed by atoms with van der Waals surface area (Å²) in [5, 5.41) is 2.36. The summed E-state index contributed by atoms with van der Waals surface area (Å²) in [7, 11) is 1.23. The highest BCUT2D eigenvalue weighted by molar-refractivity contribution is 8.00. The first-order valence-corrected chi connectivity index (χ1v) is 11.5. The zero-order valence-electron chi connectivity index (χ0n) is 18.0. The predicted octanol–water partition coefficient (Wildman–Crippen LogP) is 1.96. The minimum absolute atomic E-state index is 0.0902. The van der Waals surface area contributed by atoms with Crippen LogP contribution in [0.25, 0.3) is 0 Å². The van der Waals surface area contributed by atoms with Gasteiger partial charge < -0.3 is 14.8 Å². The van der Waals surface area contributed by atoms with E-state index < -0.39 is 23.4 Å². The Morgan fingerprint density at radius 1 is 1.25 bits per heavy atom. The Morgan fingerprint density at radius 3 is 2.69 bits per heavy atom. The van der Waals surface area contributed by atoms with Gasteiger partial charge in [-0.1, -0.05) is 43.7 Å². The summed E-state index contributed by atoms with van der Waals surface area (Å²) in [6.07, 6.45) is 4.58. The average molecular weight is 459 g/mol. The van der Waals surface area contributed by atoms with Crippen molar-refractivity contribution in [1.29, 1.82) is 0 Å². The van der Waals surface area contributed by atoms with E-state index in [9.17, 15) is 19.2 Å². The van der Waals surface area contributed by atoms with Crippen LogP contribution in [0.2, 0.25) is 0 Å². The maximum Gasteiger partial charge on any atom is 0.355 e. The number of carbonyl (C=O) groups is 4. The van der Waals surface area contributed by atoms with Crippen LogP contribution in [-0.4, -0.2) is 59.5 Å². The number of allylic oxidation sites excluding steroid dienone is 1. The third-order valence-corrected chi connectivity index (χ3v) is 6.37. The highest BCUT2D eigenvalue weighted by Crippen LogP contribution is 2.41. The van der Waals surface area contributed by atoms with Crippen LogP contribution in [0, 0.1) is 0 Å². The SMILES string of the molecule is CCCCOC(=O)/C=C/C1=C(C(=O)OC)N2C(=O)[C@@H](NC(=O)Cc3ccccc3)[C@H]2SC1. The van der Waals surface area contributed by atoms with E-state index >= 15 is 0 Å². The Bertz CT molecular complexity index is 943. The quantitative estimate of drug-likeness (QED) is 0.261. The second-order valence-electron chi connectivity index (χ2n) is 7.34. The number of nitrogens with one attached hydrogen (secondary N) is 1. The molecule has 2 amide bonds. The van der Waals surface area contributed by atoms with Crippen molar-refractivity contribution in [1.82, 2.24) is 10.2 Å². The lowest BCUT2D eigenvalue weighted by molar-refractivity contribution is -0.151. The molecule has 1 saturated heterocycles. The smallest absolute Gasteiger partial charge is 0.355 e. The van der Waals surface area contributed by atoms with Gasteiger partial charge in [0.15, 0.2) is 0 Å². The number of amides is 2. The van der Waals surface area contributed by atoms with Gasteiger partial charge in [0.25, 0.3) is 5.91 Å². The minimum atomic E-state index is -0.722. The first-order valence-electron chi connectivity index (χ1n) is 10.4. The van der Waals surface area contributed by atoms with Crippen molar-refractivity contribution in [3.05, 3.63) is 59.3 Å². The third kappa shape index (κ3) is 5.40. The van der Waals surface area contributed by atoms with E-state index in [1.54, 1.807) is 0 Å². The van der Waals surface area contributed by atoms with Crippen molar-refractivity contribution in [3.63, 3.8) is 0 Å². The van der Waals surface area contributed by atoms with Crippen molar-refractivity contribution in [3.8, 4) is 0 Å². The normalized spacial score (nSPS) is 19.9. The van der Waals surface area contributed by atoms with Gasteiger partial charge in [0.05, 0.1) is 20.1 Å². The minimum Gasteiger partial charge on any atom is -0.464 e. The monoisotopic (exact) mass is 458 g/mol. The molecule has 2 aliphatic rings. The fourth-order valence-electron chi connectivity index (χ4n) is 3.40. The van der Waals surface area contributed by atoms with Gasteiger partial charge in [0, 0.05) is 11.8 Å². The zero-order chi connectivity index (χ0) is 23.1. The van der Waals surface area contributed by atoms with Gasteiger partial charge in [-0.2, -0.15) is 0 Å². The Hall–Kier alpha value is -3.07. The molecule has 0 bridgehead atoms. The first-order chi connectivity index (χ1) is 15.5. The summed E-state index contributed by atoms with van der Waals surface area (Å²) >= 11 is 1.41. The first kappa shape index (κ1) is 23.6. The van der Waals surface area contributed by atoms with Crippen LogP contribution >= 0.6 is 11.8 Å². The molecule has 170 valence electrons. The molecule has 0 spiro atoms. The fraction of sp³-hybridized carbons (Fsp3) is 0.391. The Kier molecular flexibility index (Phi) is 8.10. The van der Waals surface area contributed by atoms with E-state index in [4.69, 9.17) is 9.47 Å². The number of carbonyl (C=O) groups excluding carboxylic acids is 4. The van der Waals surface area contributed by atoms with E-state index in [0.717, 1.165) is 18.4 Å². The predicted molar refractivity (Wildman–Crippen MR) is 119 cm³/mol. The van der Waals surface area contributed by atoms with Gasteiger partial charge in [-0.15, -0.1) is 11.8 Å². The molecule has 1 aromatic carbocycles. The lowest BCUT2D eigenvalue weighted by atomic mass is 10.0. The highest BCUT2D eigenvalue weighted by atomic mass is 32.2. The molecule has 2 heterocycles. The third-order valence-electron chi connectivity index (χ3n) is 5.06. The molecule has 0 aliphatic carbocycles. The number of β-lactam (4-membered cyclic amide) rings is 1. The van der Waals surface area contributed by atoms with Crippen molar-refractivity contribution in [2.45, 2.75) is 37.6 Å². The lowest BCUT2D eigenvalue weighted by Crippen LogP contribution is -2.70. The second-order valence-corrected chi connectivity index (χ2v) is 8.44. The number of fused-ring (bicyclic) bond motifs is 1. The maximum absolute atomic E-state index is 12.8. The number of hydrogen-bond acceptors (Lipinski definition) is 7. The Labute approximate surface area is 191 Å². The lowest BCUT2D eigenvalue weighted by Gasteiger charge is -2.49. The zero-order valence-corrected chi connectivity index (χ0v) is 18.9. The molecule has 32 heavy (non-hydrogen) atoms. The van der Waals surface area contributed by atoms with E-state index in [2.05, 4.69) is 5.32 Å². The number of ether oxygens (including phenoxy) is 2. The summed E-state index contributed by atoms with van der Waals surface area (Å²) in [5.74, 6) is -1.46. The highest BCUT2D eigenvalue weighted by Gasteiger charge is 2.54. The number of rotatable bonds is 9. The number of methoxy groups -OCH3 is 1. The number of esters is 2. The van der Waals surface area contributed by atoms with Crippen LogP contribution in [0.5, 0.6) is 0 Å². The number of unbranched alkanes of at least 4 members (excludes halogenated alkanes) is 1. The molecular formula is C23H26N2O6S. The van der Waals surface area contributed by atoms with Crippen LogP contribution in [0.3, 0.4) is 0 Å². The summed E-state index contributed by atoms with van der Waals surface area (Å²) in [5.41, 5.74) is 1.43. The van der Waals surface area contributed by atoms with Crippen LogP contribution in [0.15, 0.2) is 53.8 Å². The molecule has 0 unspecified atom stereocenters. The molecule has 2 atom stereocenters. The van der Waals surface area contributed by atoms with Crippen LogP contribution in [0.4, 0.5) is 0 Å². The molecule has 1 N–H and O–H groups in total. The number of benzene rings is 1. The van der Waals surface area contributed by atoms with Gasteiger partial charge in [-0.05, 0) is 23.6 Å². The number of nitrogens with zero attached hydrogens (tertiary/aromatic N) is 1. The maximum atomic E-state index is 12.8. The number of hydrogen-bond donors (Lipinski definition) is 1. The molecular weight excluding hydrogens is 432 g/mol. The van der Waals surface area contributed by atoms with E-state index in [-0.39, 0.29) is 23.9 Å². The number of thioether (sulfide) groups is 1. The second kappa shape index (κ2) is 11.0. The summed E-state index contributed by atoms with van der Waals surface area (Å²) < 4.78 is 9.95. The summed E-state index contributed by atoms with van der Waals surface area (Å²) in [6, 6.07) is 8.52. The summed E-state index contributed by atoms with van der Waals surface area (Å²) in [6.45, 7) is 2.32. The fourth-order valence-corrected chi connectivity index (χ4v) is 4.71. The van der Waals surface area contributed by atoms with Crippen molar-refractivity contribution >= 4 is 35.5 Å². The molecule has 3 rings (SSSR count). The van der Waals surface area contributed by atoms with E-state index in [0.29, 0.717) is 17.9 Å². The molecule has 2 aliphatic heterocycles. The van der Waals surface area contributed by atoms with Gasteiger partial charge in [0.2, 0.25) is 5.91 Å². The van der Waals surface area contributed by atoms with Crippen molar-refractivity contribution < 1.29 is 28.7 Å². The average Bonchev–Trinajstić information content (AvgIpc) is 2.80. The molecule has 0 radical (unpaired) electrons. The largest absolute Gasteiger partial charge is 0.464 e. The van der Waals surface area contributed by atoms with Crippen LogP contribution < -0.4 is 5.32 Å². The molecule has 9 heteroatoms. The van der Waals surface area contributed by atoms with Gasteiger partial charge >= 0.3 is 11.9 Å².